The average Bonchev–Trinajstić information content (AvgIpc) is 2.54. The van der Waals surface area contributed by atoms with Crippen LogP contribution < -0.4 is 15.2 Å². The second kappa shape index (κ2) is 8.69. The highest BCUT2D eigenvalue weighted by atomic mass is 19.1. The van der Waals surface area contributed by atoms with Crippen molar-refractivity contribution in [2.75, 3.05) is 13.2 Å². The van der Waals surface area contributed by atoms with Gasteiger partial charge in [-0.3, -0.25) is 0 Å². The van der Waals surface area contributed by atoms with Gasteiger partial charge in [0, 0.05) is 5.92 Å². The first-order chi connectivity index (χ1) is 11.5. The average molecular weight is 331 g/mol. The highest BCUT2D eigenvalue weighted by Crippen LogP contribution is 2.31. The predicted molar refractivity (Wildman–Crippen MR) is 95.3 cm³/mol. The Morgan fingerprint density at radius 2 is 1.88 bits per heavy atom. The molecule has 0 aliphatic heterocycles. The van der Waals surface area contributed by atoms with Gasteiger partial charge >= 0.3 is 0 Å². The van der Waals surface area contributed by atoms with Crippen molar-refractivity contribution in [2.24, 2.45) is 5.73 Å². The van der Waals surface area contributed by atoms with Crippen molar-refractivity contribution in [3.63, 3.8) is 0 Å². The molecule has 2 rings (SSSR count). The lowest BCUT2D eigenvalue weighted by molar-refractivity contribution is 0.223. The molecular formula is C20H26FNO2. The first-order valence-corrected chi connectivity index (χ1v) is 8.41. The molecule has 0 aliphatic rings. The van der Waals surface area contributed by atoms with E-state index in [4.69, 9.17) is 15.2 Å². The third kappa shape index (κ3) is 4.96. The molecule has 2 aromatic rings. The molecule has 0 aromatic heterocycles. The van der Waals surface area contributed by atoms with Gasteiger partial charge in [0.2, 0.25) is 0 Å². The molecule has 1 unspecified atom stereocenters. The van der Waals surface area contributed by atoms with Gasteiger partial charge < -0.3 is 15.2 Å². The minimum Gasteiger partial charge on any atom is -0.490 e. The fourth-order valence-electron chi connectivity index (χ4n) is 2.68. The van der Waals surface area contributed by atoms with Crippen LogP contribution in [0.2, 0.25) is 0 Å². The first kappa shape index (κ1) is 18.3. The van der Waals surface area contributed by atoms with Crippen LogP contribution in [0.1, 0.15) is 37.8 Å². The molecule has 3 nitrogen and oxygen atoms in total. The van der Waals surface area contributed by atoms with Crippen LogP contribution in [0.4, 0.5) is 4.39 Å². The van der Waals surface area contributed by atoms with Gasteiger partial charge in [0.1, 0.15) is 5.82 Å². The molecule has 0 amide bonds. The van der Waals surface area contributed by atoms with Gasteiger partial charge in [0.15, 0.2) is 11.5 Å². The summed E-state index contributed by atoms with van der Waals surface area (Å²) >= 11 is 0. The molecule has 24 heavy (non-hydrogen) atoms. The third-order valence-corrected chi connectivity index (χ3v) is 3.76. The zero-order chi connectivity index (χ0) is 17.5. The van der Waals surface area contributed by atoms with E-state index in [2.05, 4.69) is 0 Å². The maximum atomic E-state index is 13.5. The normalized spacial score (nSPS) is 12.2. The van der Waals surface area contributed by atoms with Crippen molar-refractivity contribution in [3.05, 3.63) is 59.4 Å². The fourth-order valence-corrected chi connectivity index (χ4v) is 2.68. The summed E-state index contributed by atoms with van der Waals surface area (Å²) in [4.78, 5) is 0. The van der Waals surface area contributed by atoms with Crippen LogP contribution in [-0.2, 0) is 6.42 Å². The monoisotopic (exact) mass is 331 g/mol. The van der Waals surface area contributed by atoms with E-state index in [0.29, 0.717) is 13.2 Å². The summed E-state index contributed by atoms with van der Waals surface area (Å²) in [5.74, 6) is 1.30. The summed E-state index contributed by atoms with van der Waals surface area (Å²) in [5.41, 5.74) is 7.92. The van der Waals surface area contributed by atoms with Crippen molar-refractivity contribution >= 4 is 0 Å². The number of hydrogen-bond donors (Lipinski definition) is 1. The Labute approximate surface area is 143 Å². The van der Waals surface area contributed by atoms with E-state index >= 15 is 0 Å². The molecule has 2 aromatic carbocycles. The number of nitrogens with two attached hydrogens (primary N) is 1. The lowest BCUT2D eigenvalue weighted by Crippen LogP contribution is -2.15. The molecule has 1 atom stereocenters. The molecule has 0 spiro atoms. The zero-order valence-electron chi connectivity index (χ0n) is 14.6. The maximum Gasteiger partial charge on any atom is 0.161 e. The van der Waals surface area contributed by atoms with Gasteiger partial charge in [-0.2, -0.15) is 0 Å². The van der Waals surface area contributed by atoms with Gasteiger partial charge in [0.05, 0.1) is 12.7 Å². The molecule has 0 saturated heterocycles. The van der Waals surface area contributed by atoms with Crippen molar-refractivity contribution < 1.29 is 13.9 Å². The number of hydrogen-bond acceptors (Lipinski definition) is 3. The lowest BCUT2D eigenvalue weighted by atomic mass is 9.92. The third-order valence-electron chi connectivity index (χ3n) is 3.76. The summed E-state index contributed by atoms with van der Waals surface area (Å²) in [6.07, 6.45) is 0.807. The number of rotatable bonds is 8. The van der Waals surface area contributed by atoms with Gasteiger partial charge in [-0.25, -0.2) is 4.39 Å². The molecular weight excluding hydrogens is 305 g/mol. The van der Waals surface area contributed by atoms with Crippen molar-refractivity contribution in [3.8, 4) is 11.5 Å². The molecule has 0 bridgehead atoms. The van der Waals surface area contributed by atoms with E-state index in [9.17, 15) is 4.39 Å². The standard InChI is InChI=1S/C20H26FNO2/c1-4-23-20-11-15(8-9-19(20)24-14(2)3)10-17(13-22)16-6-5-7-18(21)12-16/h5-9,11-12,14,17H,4,10,13,22H2,1-3H3. The Balaban J connectivity index is 2.22. The molecule has 4 heteroatoms. The number of benzene rings is 2. The smallest absolute Gasteiger partial charge is 0.161 e. The van der Waals surface area contributed by atoms with Gasteiger partial charge in [0.25, 0.3) is 0 Å². The van der Waals surface area contributed by atoms with Crippen LogP contribution in [0, 0.1) is 5.82 Å². The Kier molecular flexibility index (Phi) is 6.62. The quantitative estimate of drug-likeness (QED) is 0.784. The van der Waals surface area contributed by atoms with Gasteiger partial charge in [-0.1, -0.05) is 18.2 Å². The highest BCUT2D eigenvalue weighted by molar-refractivity contribution is 5.43. The van der Waals surface area contributed by atoms with E-state index in [1.807, 2.05) is 45.0 Å². The van der Waals surface area contributed by atoms with E-state index in [-0.39, 0.29) is 17.8 Å². The summed E-state index contributed by atoms with van der Waals surface area (Å²) in [7, 11) is 0. The van der Waals surface area contributed by atoms with Gasteiger partial charge in [-0.05, 0) is 69.1 Å². The molecule has 0 radical (unpaired) electrons. The molecule has 130 valence electrons. The van der Waals surface area contributed by atoms with Crippen molar-refractivity contribution in [2.45, 2.75) is 39.2 Å². The molecule has 0 heterocycles. The second-order valence-corrected chi connectivity index (χ2v) is 6.07. The van der Waals surface area contributed by atoms with Crippen LogP contribution in [0.3, 0.4) is 0 Å². The Morgan fingerprint density at radius 1 is 1.08 bits per heavy atom. The summed E-state index contributed by atoms with van der Waals surface area (Å²) in [5, 5.41) is 0. The van der Waals surface area contributed by atoms with E-state index in [1.165, 1.54) is 6.07 Å². The predicted octanol–water partition coefficient (Wildman–Crippen LogP) is 4.30. The molecule has 0 fully saturated rings. The van der Waals surface area contributed by atoms with Crippen LogP contribution >= 0.6 is 0 Å². The Morgan fingerprint density at radius 3 is 2.50 bits per heavy atom. The second-order valence-electron chi connectivity index (χ2n) is 6.07. The van der Waals surface area contributed by atoms with Crippen molar-refractivity contribution in [1.29, 1.82) is 0 Å². The van der Waals surface area contributed by atoms with E-state index in [1.54, 1.807) is 12.1 Å². The van der Waals surface area contributed by atoms with E-state index in [0.717, 1.165) is 29.0 Å². The van der Waals surface area contributed by atoms with E-state index < -0.39 is 0 Å². The summed E-state index contributed by atoms with van der Waals surface area (Å²) in [6, 6.07) is 12.6. The fraction of sp³-hybridized carbons (Fsp3) is 0.400. The summed E-state index contributed by atoms with van der Waals surface area (Å²) in [6.45, 7) is 6.94. The minimum absolute atomic E-state index is 0.0621. The molecule has 0 saturated carbocycles. The SMILES string of the molecule is CCOc1cc(CC(CN)c2cccc(F)c2)ccc1OC(C)C. The van der Waals surface area contributed by atoms with Crippen LogP contribution in [0.5, 0.6) is 11.5 Å². The molecule has 2 N–H and O–H groups in total. The number of ether oxygens (including phenoxy) is 2. The van der Waals surface area contributed by atoms with Gasteiger partial charge in [-0.15, -0.1) is 0 Å². The topological polar surface area (TPSA) is 44.5 Å². The Bertz CT molecular complexity index is 658. The first-order valence-electron chi connectivity index (χ1n) is 8.41. The van der Waals surface area contributed by atoms with Crippen LogP contribution in [0.15, 0.2) is 42.5 Å². The Hall–Kier alpha value is -2.07. The number of halogens is 1. The van der Waals surface area contributed by atoms with Crippen LogP contribution in [-0.4, -0.2) is 19.3 Å². The highest BCUT2D eigenvalue weighted by Gasteiger charge is 2.14. The maximum absolute atomic E-state index is 13.5. The summed E-state index contributed by atoms with van der Waals surface area (Å²) < 4.78 is 25.0. The zero-order valence-corrected chi connectivity index (χ0v) is 14.6. The largest absolute Gasteiger partial charge is 0.490 e. The lowest BCUT2D eigenvalue weighted by Gasteiger charge is -2.18. The van der Waals surface area contributed by atoms with Crippen LogP contribution in [0.25, 0.3) is 0 Å². The minimum atomic E-state index is -0.235. The molecule has 0 aliphatic carbocycles. The van der Waals surface area contributed by atoms with Crippen molar-refractivity contribution in [1.82, 2.24) is 0 Å².